The van der Waals surface area contributed by atoms with Crippen LogP contribution in [0.1, 0.15) is 20.3 Å². The van der Waals surface area contributed by atoms with Gasteiger partial charge >= 0.3 is 12.0 Å². The molecule has 1 fully saturated rings. The van der Waals surface area contributed by atoms with E-state index in [-0.39, 0.29) is 19.5 Å². The van der Waals surface area contributed by atoms with Crippen molar-refractivity contribution >= 4 is 23.8 Å². The van der Waals surface area contributed by atoms with Gasteiger partial charge < -0.3 is 14.9 Å². The monoisotopic (exact) mass is 285 g/mol. The summed E-state index contributed by atoms with van der Waals surface area (Å²) in [6.07, 6.45) is -0.179. The van der Waals surface area contributed by atoms with Crippen molar-refractivity contribution in [3.63, 3.8) is 0 Å². The van der Waals surface area contributed by atoms with Gasteiger partial charge in [-0.05, 0) is 13.8 Å². The van der Waals surface area contributed by atoms with Gasteiger partial charge in [0.15, 0.2) is 0 Å². The van der Waals surface area contributed by atoms with Crippen molar-refractivity contribution in [3.8, 4) is 0 Å². The zero-order valence-electron chi connectivity index (χ0n) is 11.8. The first-order valence-electron chi connectivity index (χ1n) is 6.34. The predicted octanol–water partition coefficient (Wildman–Crippen LogP) is -0.408. The Morgan fingerprint density at radius 3 is 2.40 bits per heavy atom. The Hall–Kier alpha value is -2.12. The summed E-state index contributed by atoms with van der Waals surface area (Å²) in [6.45, 7) is 3.27. The third kappa shape index (κ3) is 3.46. The molecule has 1 aliphatic rings. The molecule has 112 valence electrons. The van der Waals surface area contributed by atoms with Crippen LogP contribution in [0.4, 0.5) is 4.79 Å². The molecular weight excluding hydrogens is 266 g/mol. The van der Waals surface area contributed by atoms with Gasteiger partial charge in [0.05, 0.1) is 6.42 Å². The maximum Gasteiger partial charge on any atom is 0.327 e. The number of carboxylic acids is 1. The normalized spacial score (nSPS) is 16.6. The van der Waals surface area contributed by atoms with Crippen molar-refractivity contribution in [2.24, 2.45) is 0 Å². The molecule has 1 rings (SSSR count). The highest BCUT2D eigenvalue weighted by atomic mass is 16.4. The number of urea groups is 1. The van der Waals surface area contributed by atoms with Gasteiger partial charge in [0.2, 0.25) is 5.91 Å². The number of aliphatic carboxylic acids is 1. The Morgan fingerprint density at radius 1 is 1.40 bits per heavy atom. The Bertz CT molecular complexity index is 437. The summed E-state index contributed by atoms with van der Waals surface area (Å²) in [5.74, 6) is -1.86. The molecule has 8 nitrogen and oxygen atoms in total. The second-order valence-electron chi connectivity index (χ2n) is 4.75. The molecular formula is C12H19N3O5. The maximum absolute atomic E-state index is 12.1. The van der Waals surface area contributed by atoms with E-state index in [1.807, 2.05) is 0 Å². The molecule has 0 aromatic carbocycles. The standard InChI is InChI=1S/C12H19N3O5/c1-4-14(8(2)5-11(18)19)10(17)7-15-9(16)6-13(3)12(15)20/h8H,4-7H2,1-3H3,(H,18,19). The van der Waals surface area contributed by atoms with Gasteiger partial charge in [-0.1, -0.05) is 0 Å². The first-order chi connectivity index (χ1) is 9.27. The van der Waals surface area contributed by atoms with Crippen molar-refractivity contribution < 1.29 is 24.3 Å². The van der Waals surface area contributed by atoms with Crippen LogP contribution in [0, 0.1) is 0 Å². The van der Waals surface area contributed by atoms with Crippen molar-refractivity contribution in [1.29, 1.82) is 0 Å². The highest BCUT2D eigenvalue weighted by Crippen LogP contribution is 2.10. The van der Waals surface area contributed by atoms with E-state index in [1.54, 1.807) is 13.8 Å². The summed E-state index contributed by atoms with van der Waals surface area (Å²) in [6, 6.07) is -0.999. The molecule has 1 atom stereocenters. The van der Waals surface area contributed by atoms with Crippen LogP contribution in [-0.2, 0) is 14.4 Å². The van der Waals surface area contributed by atoms with E-state index >= 15 is 0 Å². The summed E-state index contributed by atoms with van der Waals surface area (Å²) >= 11 is 0. The fraction of sp³-hybridized carbons (Fsp3) is 0.667. The van der Waals surface area contributed by atoms with Gasteiger partial charge in [-0.25, -0.2) is 4.79 Å². The third-order valence-electron chi connectivity index (χ3n) is 3.19. The fourth-order valence-electron chi connectivity index (χ4n) is 2.15. The van der Waals surface area contributed by atoms with E-state index in [2.05, 4.69) is 0 Å². The van der Waals surface area contributed by atoms with Gasteiger partial charge in [-0.2, -0.15) is 0 Å². The smallest absolute Gasteiger partial charge is 0.327 e. The zero-order chi connectivity index (χ0) is 15.4. The second-order valence-corrected chi connectivity index (χ2v) is 4.75. The quantitative estimate of drug-likeness (QED) is 0.669. The number of likely N-dealkylation sites (N-methyl/N-ethyl adjacent to an activating group) is 2. The molecule has 4 amide bonds. The molecule has 0 aliphatic carbocycles. The Morgan fingerprint density at radius 2 is 2.00 bits per heavy atom. The maximum atomic E-state index is 12.1. The lowest BCUT2D eigenvalue weighted by molar-refractivity contribution is -0.142. The zero-order valence-corrected chi connectivity index (χ0v) is 11.8. The topological polar surface area (TPSA) is 98.2 Å². The van der Waals surface area contributed by atoms with E-state index in [4.69, 9.17) is 5.11 Å². The van der Waals surface area contributed by atoms with Crippen LogP contribution >= 0.6 is 0 Å². The number of carbonyl (C=O) groups is 4. The van der Waals surface area contributed by atoms with Crippen LogP contribution in [-0.4, -0.2) is 76.3 Å². The minimum absolute atomic E-state index is 0.0388. The van der Waals surface area contributed by atoms with Crippen LogP contribution in [0.25, 0.3) is 0 Å². The van der Waals surface area contributed by atoms with Gasteiger partial charge in [-0.3, -0.25) is 19.3 Å². The minimum atomic E-state index is -1.00. The number of carbonyl (C=O) groups excluding carboxylic acids is 3. The molecule has 20 heavy (non-hydrogen) atoms. The van der Waals surface area contributed by atoms with Gasteiger partial charge in [0.25, 0.3) is 5.91 Å². The molecule has 1 saturated heterocycles. The summed E-state index contributed by atoms with van der Waals surface area (Å²) in [5.41, 5.74) is 0. The second kappa shape index (κ2) is 6.36. The van der Waals surface area contributed by atoms with Crippen LogP contribution < -0.4 is 0 Å². The highest BCUT2D eigenvalue weighted by molar-refractivity contribution is 6.04. The molecule has 1 unspecified atom stereocenters. The Labute approximate surface area is 116 Å². The minimum Gasteiger partial charge on any atom is -0.481 e. The lowest BCUT2D eigenvalue weighted by Gasteiger charge is -2.28. The number of rotatable bonds is 6. The first kappa shape index (κ1) is 15.9. The fourth-order valence-corrected chi connectivity index (χ4v) is 2.15. The van der Waals surface area contributed by atoms with Crippen LogP contribution in [0.5, 0.6) is 0 Å². The number of imide groups is 1. The van der Waals surface area contributed by atoms with Gasteiger partial charge in [0.1, 0.15) is 13.1 Å². The molecule has 8 heteroatoms. The number of hydrogen-bond acceptors (Lipinski definition) is 4. The molecule has 0 aromatic heterocycles. The van der Waals surface area contributed by atoms with Gasteiger partial charge in [0, 0.05) is 19.6 Å². The molecule has 0 saturated carbocycles. The van der Waals surface area contributed by atoms with Crippen molar-refractivity contribution in [2.75, 3.05) is 26.7 Å². The molecule has 0 aromatic rings. The Balaban J connectivity index is 2.70. The van der Waals surface area contributed by atoms with Crippen LogP contribution in [0.15, 0.2) is 0 Å². The summed E-state index contributed by atoms with van der Waals surface area (Å²) < 4.78 is 0. The van der Waals surface area contributed by atoms with Gasteiger partial charge in [-0.15, -0.1) is 0 Å². The summed E-state index contributed by atoms with van der Waals surface area (Å²) in [4.78, 5) is 49.5. The number of nitrogens with zero attached hydrogens (tertiary/aromatic N) is 3. The third-order valence-corrected chi connectivity index (χ3v) is 3.19. The van der Waals surface area contributed by atoms with Crippen molar-refractivity contribution in [3.05, 3.63) is 0 Å². The van der Waals surface area contributed by atoms with Crippen molar-refractivity contribution in [2.45, 2.75) is 26.3 Å². The molecule has 1 aliphatic heterocycles. The average Bonchev–Trinajstić information content (AvgIpc) is 2.56. The van der Waals surface area contributed by atoms with Crippen molar-refractivity contribution in [1.82, 2.24) is 14.7 Å². The molecule has 0 radical (unpaired) electrons. The largest absolute Gasteiger partial charge is 0.481 e. The summed E-state index contributed by atoms with van der Waals surface area (Å²) in [5, 5.41) is 8.75. The predicted molar refractivity (Wildman–Crippen MR) is 68.8 cm³/mol. The van der Waals surface area contributed by atoms with E-state index in [0.717, 1.165) is 4.90 Å². The lowest BCUT2D eigenvalue weighted by atomic mass is 10.2. The lowest BCUT2D eigenvalue weighted by Crippen LogP contribution is -2.47. The molecule has 0 bridgehead atoms. The molecule has 0 spiro atoms. The first-order valence-corrected chi connectivity index (χ1v) is 6.34. The van der Waals surface area contributed by atoms with E-state index < -0.39 is 29.9 Å². The van der Waals surface area contributed by atoms with Crippen LogP contribution in [0.3, 0.4) is 0 Å². The molecule has 1 heterocycles. The Kier molecular flexibility index (Phi) is 5.06. The van der Waals surface area contributed by atoms with E-state index in [0.29, 0.717) is 6.54 Å². The highest BCUT2D eigenvalue weighted by Gasteiger charge is 2.36. The molecule has 1 N–H and O–H groups in total. The van der Waals surface area contributed by atoms with E-state index in [9.17, 15) is 19.2 Å². The van der Waals surface area contributed by atoms with E-state index in [1.165, 1.54) is 16.8 Å². The van der Waals surface area contributed by atoms with Crippen LogP contribution in [0.2, 0.25) is 0 Å². The summed E-state index contributed by atoms with van der Waals surface area (Å²) in [7, 11) is 1.48. The SMILES string of the molecule is CCN(C(=O)CN1C(=O)CN(C)C1=O)C(C)CC(=O)O. The number of carboxylic acid groups (broad SMARTS) is 1. The number of hydrogen-bond donors (Lipinski definition) is 1. The number of amides is 4. The average molecular weight is 285 g/mol.